The van der Waals surface area contributed by atoms with Gasteiger partial charge < -0.3 is 20.5 Å². The molecule has 18 heavy (non-hydrogen) atoms. The zero-order chi connectivity index (χ0) is 13.0. The van der Waals surface area contributed by atoms with Crippen molar-refractivity contribution in [2.45, 2.75) is 19.8 Å². The number of nitrogens with two attached hydrogens (primary N) is 1. The van der Waals surface area contributed by atoms with Crippen molar-refractivity contribution in [1.82, 2.24) is 0 Å². The number of nitrogens with one attached hydrogen (secondary N) is 1. The number of nitrogen functional groups attached to an aromatic ring is 1. The first-order valence-electron chi connectivity index (χ1n) is 6.38. The molecule has 2 rings (SSSR count). The fourth-order valence-electron chi connectivity index (χ4n) is 2.18. The molecular weight excluding hydrogens is 228 g/mol. The lowest BCUT2D eigenvalue weighted by Gasteiger charge is -2.34. The van der Waals surface area contributed by atoms with Crippen molar-refractivity contribution < 1.29 is 9.47 Å². The van der Waals surface area contributed by atoms with Gasteiger partial charge in [0.2, 0.25) is 0 Å². The summed E-state index contributed by atoms with van der Waals surface area (Å²) in [4.78, 5) is 0. The van der Waals surface area contributed by atoms with Gasteiger partial charge in [-0.1, -0.05) is 6.92 Å². The first-order chi connectivity index (χ1) is 8.63. The summed E-state index contributed by atoms with van der Waals surface area (Å²) in [5.74, 6) is 0.787. The summed E-state index contributed by atoms with van der Waals surface area (Å²) in [7, 11) is 1.64. The second kappa shape index (κ2) is 5.48. The predicted octanol–water partition coefficient (Wildman–Crippen LogP) is 2.51. The summed E-state index contributed by atoms with van der Waals surface area (Å²) in [6.07, 6.45) is 2.19. The van der Waals surface area contributed by atoms with Gasteiger partial charge in [0.15, 0.2) is 0 Å². The van der Waals surface area contributed by atoms with Crippen molar-refractivity contribution in [3.8, 4) is 5.75 Å². The van der Waals surface area contributed by atoms with E-state index in [0.717, 1.165) is 49.7 Å². The number of hydrogen-bond acceptors (Lipinski definition) is 4. The monoisotopic (exact) mass is 250 g/mol. The summed E-state index contributed by atoms with van der Waals surface area (Å²) in [6.45, 7) is 4.93. The van der Waals surface area contributed by atoms with E-state index in [1.165, 1.54) is 0 Å². The van der Waals surface area contributed by atoms with Gasteiger partial charge in [-0.2, -0.15) is 0 Å². The van der Waals surface area contributed by atoms with Crippen LogP contribution < -0.4 is 15.8 Å². The minimum absolute atomic E-state index is 0.296. The van der Waals surface area contributed by atoms with E-state index < -0.39 is 0 Å². The molecule has 0 amide bonds. The van der Waals surface area contributed by atoms with Crippen molar-refractivity contribution in [2.75, 3.05) is 37.9 Å². The largest absolute Gasteiger partial charge is 0.497 e. The smallest absolute Gasteiger partial charge is 0.121 e. The van der Waals surface area contributed by atoms with Crippen molar-refractivity contribution in [2.24, 2.45) is 5.41 Å². The zero-order valence-electron chi connectivity index (χ0n) is 11.2. The van der Waals surface area contributed by atoms with Gasteiger partial charge in [-0.3, -0.25) is 0 Å². The van der Waals surface area contributed by atoms with Gasteiger partial charge in [0.1, 0.15) is 5.75 Å². The third-order valence-corrected chi connectivity index (χ3v) is 3.66. The summed E-state index contributed by atoms with van der Waals surface area (Å²) < 4.78 is 10.5. The number of benzene rings is 1. The van der Waals surface area contributed by atoms with E-state index in [2.05, 4.69) is 12.2 Å². The van der Waals surface area contributed by atoms with E-state index in [1.807, 2.05) is 18.2 Å². The van der Waals surface area contributed by atoms with Gasteiger partial charge >= 0.3 is 0 Å². The van der Waals surface area contributed by atoms with E-state index in [9.17, 15) is 0 Å². The number of rotatable bonds is 4. The Bertz CT molecular complexity index is 401. The van der Waals surface area contributed by atoms with Crippen LogP contribution in [0.4, 0.5) is 11.4 Å². The number of methoxy groups -OCH3 is 1. The molecule has 0 radical (unpaired) electrons. The normalized spacial score (nSPS) is 18.3. The Morgan fingerprint density at radius 1 is 1.39 bits per heavy atom. The fourth-order valence-corrected chi connectivity index (χ4v) is 2.18. The minimum Gasteiger partial charge on any atom is -0.497 e. The molecule has 0 aliphatic carbocycles. The Kier molecular flexibility index (Phi) is 3.97. The van der Waals surface area contributed by atoms with Crippen LogP contribution in [-0.4, -0.2) is 26.9 Å². The van der Waals surface area contributed by atoms with E-state index in [4.69, 9.17) is 15.2 Å². The van der Waals surface area contributed by atoms with Gasteiger partial charge in [0.05, 0.1) is 18.5 Å². The molecule has 0 saturated carbocycles. The van der Waals surface area contributed by atoms with Gasteiger partial charge in [0, 0.05) is 25.8 Å². The lowest BCUT2D eigenvalue weighted by Crippen LogP contribution is -2.33. The highest BCUT2D eigenvalue weighted by molar-refractivity contribution is 5.68. The van der Waals surface area contributed by atoms with E-state index in [0.29, 0.717) is 5.41 Å². The molecule has 1 aliphatic rings. The van der Waals surface area contributed by atoms with Crippen molar-refractivity contribution >= 4 is 11.4 Å². The molecule has 1 aliphatic heterocycles. The molecule has 1 aromatic carbocycles. The molecule has 4 heteroatoms. The van der Waals surface area contributed by atoms with Gasteiger partial charge in [-0.25, -0.2) is 0 Å². The number of hydrogen-bond donors (Lipinski definition) is 2. The van der Waals surface area contributed by atoms with Crippen LogP contribution in [0.2, 0.25) is 0 Å². The maximum absolute atomic E-state index is 5.99. The molecule has 1 saturated heterocycles. The lowest BCUT2D eigenvalue weighted by molar-refractivity contribution is 0.0300. The summed E-state index contributed by atoms with van der Waals surface area (Å²) >= 11 is 0. The molecule has 1 heterocycles. The highest BCUT2D eigenvalue weighted by atomic mass is 16.5. The second-order valence-corrected chi connectivity index (χ2v) is 5.23. The fraction of sp³-hybridized carbons (Fsp3) is 0.571. The Balaban J connectivity index is 1.97. The third kappa shape index (κ3) is 3.07. The molecule has 3 N–H and O–H groups in total. The molecule has 1 fully saturated rings. The van der Waals surface area contributed by atoms with Crippen molar-refractivity contribution in [1.29, 1.82) is 0 Å². The highest BCUT2D eigenvalue weighted by Crippen LogP contribution is 2.31. The van der Waals surface area contributed by atoms with Crippen LogP contribution in [0.5, 0.6) is 5.75 Å². The van der Waals surface area contributed by atoms with Crippen LogP contribution >= 0.6 is 0 Å². The van der Waals surface area contributed by atoms with Crippen LogP contribution in [-0.2, 0) is 4.74 Å². The molecule has 0 unspecified atom stereocenters. The maximum atomic E-state index is 5.99. The first kappa shape index (κ1) is 13.0. The van der Waals surface area contributed by atoms with E-state index >= 15 is 0 Å². The molecule has 4 nitrogen and oxygen atoms in total. The molecule has 100 valence electrons. The Hall–Kier alpha value is -1.42. The van der Waals surface area contributed by atoms with Crippen LogP contribution in [0, 0.1) is 5.41 Å². The summed E-state index contributed by atoms with van der Waals surface area (Å²) in [5.41, 5.74) is 7.99. The standard InChI is InChI=1S/C14H22N2O2/c1-14(5-7-18-8-6-14)10-16-13-4-3-11(17-2)9-12(13)15/h3-4,9,16H,5-8,10,15H2,1-2H3. The van der Waals surface area contributed by atoms with Gasteiger partial charge in [-0.15, -0.1) is 0 Å². The SMILES string of the molecule is COc1ccc(NCC2(C)CCOCC2)c(N)c1. The third-order valence-electron chi connectivity index (χ3n) is 3.66. The average molecular weight is 250 g/mol. The second-order valence-electron chi connectivity index (χ2n) is 5.23. The highest BCUT2D eigenvalue weighted by Gasteiger charge is 2.27. The van der Waals surface area contributed by atoms with Crippen LogP contribution in [0.1, 0.15) is 19.8 Å². The average Bonchev–Trinajstić information content (AvgIpc) is 2.38. The molecule has 0 atom stereocenters. The minimum atomic E-state index is 0.296. The van der Waals surface area contributed by atoms with Crippen molar-refractivity contribution in [3.63, 3.8) is 0 Å². The van der Waals surface area contributed by atoms with Crippen molar-refractivity contribution in [3.05, 3.63) is 18.2 Å². The number of ether oxygens (including phenoxy) is 2. The predicted molar refractivity (Wildman–Crippen MR) is 74.1 cm³/mol. The maximum Gasteiger partial charge on any atom is 0.121 e. The van der Waals surface area contributed by atoms with Crippen LogP contribution in [0.15, 0.2) is 18.2 Å². The van der Waals surface area contributed by atoms with Crippen LogP contribution in [0.3, 0.4) is 0 Å². The topological polar surface area (TPSA) is 56.5 Å². The molecular formula is C14H22N2O2. The molecule has 1 aromatic rings. The quantitative estimate of drug-likeness (QED) is 0.806. The molecule has 0 spiro atoms. The molecule has 0 aromatic heterocycles. The van der Waals surface area contributed by atoms with Crippen LogP contribution in [0.25, 0.3) is 0 Å². The van der Waals surface area contributed by atoms with Gasteiger partial charge in [0.25, 0.3) is 0 Å². The van der Waals surface area contributed by atoms with E-state index in [1.54, 1.807) is 7.11 Å². The van der Waals surface area contributed by atoms with Gasteiger partial charge in [-0.05, 0) is 30.4 Å². The summed E-state index contributed by atoms with van der Waals surface area (Å²) in [6, 6.07) is 5.73. The Morgan fingerprint density at radius 3 is 2.72 bits per heavy atom. The zero-order valence-corrected chi connectivity index (χ0v) is 11.2. The first-order valence-corrected chi connectivity index (χ1v) is 6.38. The Morgan fingerprint density at radius 2 is 2.11 bits per heavy atom. The summed E-state index contributed by atoms with van der Waals surface area (Å²) in [5, 5.41) is 3.44. The molecule has 0 bridgehead atoms. The van der Waals surface area contributed by atoms with E-state index in [-0.39, 0.29) is 0 Å². The Labute approximate surface area is 108 Å². The lowest BCUT2D eigenvalue weighted by atomic mass is 9.82. The number of anilines is 2.